The van der Waals surface area contributed by atoms with Gasteiger partial charge in [-0.25, -0.2) is 4.98 Å². The van der Waals surface area contributed by atoms with E-state index in [1.807, 2.05) is 48.5 Å². The Morgan fingerprint density at radius 1 is 0.625 bits per heavy atom. The highest BCUT2D eigenvalue weighted by molar-refractivity contribution is 14.1. The van der Waals surface area contributed by atoms with Gasteiger partial charge in [0.05, 0.1) is 11.0 Å². The van der Waals surface area contributed by atoms with Crippen molar-refractivity contribution < 1.29 is 4.74 Å². The van der Waals surface area contributed by atoms with Crippen LogP contribution in [0.5, 0.6) is 11.5 Å². The van der Waals surface area contributed by atoms with E-state index in [2.05, 4.69) is 92.6 Å². The first-order valence-electron chi connectivity index (χ1n) is 10.2. The highest BCUT2D eigenvalue weighted by Crippen LogP contribution is 2.37. The Labute approximate surface area is 212 Å². The van der Waals surface area contributed by atoms with Crippen LogP contribution in [0, 0.1) is 7.14 Å². The van der Waals surface area contributed by atoms with Gasteiger partial charge in [0.15, 0.2) is 0 Å². The van der Waals surface area contributed by atoms with Crippen LogP contribution in [-0.4, -0.2) is 9.97 Å². The van der Waals surface area contributed by atoms with Crippen molar-refractivity contribution in [1.82, 2.24) is 9.97 Å². The maximum Gasteiger partial charge on any atom is 0.138 e. The van der Waals surface area contributed by atoms with Crippen molar-refractivity contribution in [2.45, 2.75) is 0 Å². The summed E-state index contributed by atoms with van der Waals surface area (Å²) in [6, 6.07) is 31.1. The molecule has 0 aliphatic carbocycles. The van der Waals surface area contributed by atoms with Crippen molar-refractivity contribution in [2.24, 2.45) is 0 Å². The predicted octanol–water partition coefficient (Wildman–Crippen LogP) is 8.54. The van der Waals surface area contributed by atoms with Crippen LogP contribution in [0.25, 0.3) is 44.0 Å². The van der Waals surface area contributed by atoms with Crippen molar-refractivity contribution in [3.63, 3.8) is 0 Å². The van der Waals surface area contributed by atoms with Crippen molar-refractivity contribution >= 4 is 77.8 Å². The number of benzene rings is 5. The Morgan fingerprint density at radius 2 is 1.31 bits per heavy atom. The van der Waals surface area contributed by atoms with Gasteiger partial charge < -0.3 is 9.72 Å². The second kappa shape index (κ2) is 8.04. The molecule has 6 aromatic rings. The Kier molecular flexibility index (Phi) is 5.02. The number of halogens is 2. The molecule has 0 fully saturated rings. The van der Waals surface area contributed by atoms with E-state index in [4.69, 9.17) is 9.72 Å². The summed E-state index contributed by atoms with van der Waals surface area (Å²) in [5.41, 5.74) is 3.06. The van der Waals surface area contributed by atoms with Gasteiger partial charge in [0.1, 0.15) is 17.3 Å². The molecule has 1 aromatic heterocycles. The highest BCUT2D eigenvalue weighted by atomic mass is 127. The van der Waals surface area contributed by atoms with E-state index < -0.39 is 0 Å². The molecular formula is C27H16I2N2O. The lowest BCUT2D eigenvalue weighted by Crippen LogP contribution is -1.85. The lowest BCUT2D eigenvalue weighted by Gasteiger charge is -2.07. The average molecular weight is 638 g/mol. The molecule has 1 heterocycles. The second-order valence-electron chi connectivity index (χ2n) is 7.63. The zero-order valence-electron chi connectivity index (χ0n) is 16.8. The van der Waals surface area contributed by atoms with Crippen molar-refractivity contribution in [2.75, 3.05) is 0 Å². The Hall–Kier alpha value is -2.65. The number of fused-ring (bicyclic) bond motifs is 6. The number of imidazole rings is 1. The largest absolute Gasteiger partial charge is 0.457 e. The third kappa shape index (κ3) is 3.53. The summed E-state index contributed by atoms with van der Waals surface area (Å²) in [5, 5.41) is 4.82. The first-order chi connectivity index (χ1) is 15.7. The summed E-state index contributed by atoms with van der Waals surface area (Å²) in [5.74, 6) is 2.44. The van der Waals surface area contributed by atoms with Crippen molar-refractivity contribution in [3.05, 3.63) is 98.1 Å². The molecule has 32 heavy (non-hydrogen) atoms. The molecule has 0 spiro atoms. The highest BCUT2D eigenvalue weighted by Gasteiger charge is 2.15. The van der Waals surface area contributed by atoms with Gasteiger partial charge >= 0.3 is 0 Å². The van der Waals surface area contributed by atoms with E-state index in [-0.39, 0.29) is 0 Å². The van der Waals surface area contributed by atoms with Gasteiger partial charge in [-0.2, -0.15) is 0 Å². The van der Waals surface area contributed by atoms with Crippen molar-refractivity contribution in [3.8, 4) is 22.9 Å². The summed E-state index contributed by atoms with van der Waals surface area (Å²) in [6.07, 6.45) is 0. The maximum atomic E-state index is 6.04. The fourth-order valence-electron chi connectivity index (χ4n) is 4.14. The number of hydrogen-bond acceptors (Lipinski definition) is 2. The summed E-state index contributed by atoms with van der Waals surface area (Å²) >= 11 is 4.74. The molecule has 0 atom stereocenters. The smallest absolute Gasteiger partial charge is 0.138 e. The molecule has 1 N–H and O–H groups in total. The third-order valence-electron chi connectivity index (χ3n) is 5.57. The standard InChI is InChI=1S/C27H16I2N2O/c28-17-9-11-21-22-12-10-18(29)15-24(22)26-25(23(21)14-17)30-27(31-26)16-5-4-8-20(13-16)32-19-6-2-1-3-7-19/h1-15H,(H,30,31). The molecule has 6 rings (SSSR count). The topological polar surface area (TPSA) is 37.9 Å². The van der Waals surface area contributed by atoms with Crippen LogP contribution >= 0.6 is 45.2 Å². The number of nitrogens with zero attached hydrogens (tertiary/aromatic N) is 1. The molecule has 0 saturated carbocycles. The molecule has 0 aliphatic heterocycles. The number of rotatable bonds is 3. The number of H-pyrrole nitrogens is 1. The van der Waals surface area contributed by atoms with E-state index in [1.165, 1.54) is 28.7 Å². The lowest BCUT2D eigenvalue weighted by atomic mass is 10.0. The first-order valence-corrected chi connectivity index (χ1v) is 12.3. The minimum absolute atomic E-state index is 0.785. The molecule has 3 nitrogen and oxygen atoms in total. The van der Waals surface area contributed by atoms with Crippen LogP contribution in [0.1, 0.15) is 0 Å². The van der Waals surface area contributed by atoms with Gasteiger partial charge in [0.25, 0.3) is 0 Å². The zero-order valence-corrected chi connectivity index (χ0v) is 21.1. The molecule has 0 radical (unpaired) electrons. The minimum Gasteiger partial charge on any atom is -0.457 e. The number of hydrogen-bond donors (Lipinski definition) is 1. The Balaban J connectivity index is 1.56. The van der Waals surface area contributed by atoms with Gasteiger partial charge in [-0.15, -0.1) is 0 Å². The van der Waals surface area contributed by atoms with E-state index >= 15 is 0 Å². The molecule has 5 aromatic carbocycles. The normalized spacial score (nSPS) is 11.4. The Morgan fingerprint density at radius 3 is 2.09 bits per heavy atom. The summed E-state index contributed by atoms with van der Waals surface area (Å²) in [4.78, 5) is 8.68. The quantitative estimate of drug-likeness (QED) is 0.156. The van der Waals surface area contributed by atoms with Crippen LogP contribution in [0.3, 0.4) is 0 Å². The van der Waals surface area contributed by atoms with Crippen LogP contribution in [0.15, 0.2) is 91.0 Å². The first kappa shape index (κ1) is 20.0. The number of para-hydroxylation sites is 1. The molecule has 0 aliphatic rings. The van der Waals surface area contributed by atoms with Crippen LogP contribution < -0.4 is 4.74 Å². The maximum absolute atomic E-state index is 6.04. The molecule has 0 bridgehead atoms. The molecule has 0 saturated heterocycles. The van der Waals surface area contributed by atoms with E-state index in [1.54, 1.807) is 0 Å². The van der Waals surface area contributed by atoms with Gasteiger partial charge in [-0.3, -0.25) is 0 Å². The van der Waals surface area contributed by atoms with Crippen LogP contribution in [-0.2, 0) is 0 Å². The zero-order chi connectivity index (χ0) is 21.7. The van der Waals surface area contributed by atoms with Gasteiger partial charge in [0, 0.05) is 23.5 Å². The molecule has 5 heteroatoms. The molecular weight excluding hydrogens is 622 g/mol. The van der Waals surface area contributed by atoms with E-state index in [0.717, 1.165) is 33.9 Å². The number of aromatic amines is 1. The fraction of sp³-hybridized carbons (Fsp3) is 0. The number of aromatic nitrogens is 2. The lowest BCUT2D eigenvalue weighted by molar-refractivity contribution is 0.483. The van der Waals surface area contributed by atoms with Gasteiger partial charge in [-0.05, 0) is 104 Å². The number of ether oxygens (including phenoxy) is 1. The minimum atomic E-state index is 0.785. The SMILES string of the molecule is Ic1ccc2c3ccc(I)cc3c3[nH]c(-c4cccc(Oc5ccccc5)c4)nc3c2c1. The molecule has 154 valence electrons. The summed E-state index contributed by atoms with van der Waals surface area (Å²) < 4.78 is 8.45. The predicted molar refractivity (Wildman–Crippen MR) is 148 cm³/mol. The van der Waals surface area contributed by atoms with E-state index in [0.29, 0.717) is 0 Å². The average Bonchev–Trinajstić information content (AvgIpc) is 3.26. The third-order valence-corrected chi connectivity index (χ3v) is 6.91. The van der Waals surface area contributed by atoms with Gasteiger partial charge in [0.2, 0.25) is 0 Å². The van der Waals surface area contributed by atoms with Gasteiger partial charge in [-0.1, -0.05) is 42.5 Å². The van der Waals surface area contributed by atoms with E-state index in [9.17, 15) is 0 Å². The number of nitrogens with one attached hydrogen (secondary N) is 1. The van der Waals surface area contributed by atoms with Crippen LogP contribution in [0.2, 0.25) is 0 Å². The Bertz CT molecular complexity index is 1550. The second-order valence-corrected chi connectivity index (χ2v) is 10.1. The van der Waals surface area contributed by atoms with Crippen molar-refractivity contribution in [1.29, 1.82) is 0 Å². The summed E-state index contributed by atoms with van der Waals surface area (Å²) in [7, 11) is 0. The molecule has 0 amide bonds. The van der Waals surface area contributed by atoms with Crippen LogP contribution in [0.4, 0.5) is 0 Å². The molecule has 0 unspecified atom stereocenters. The monoisotopic (exact) mass is 638 g/mol. The fourth-order valence-corrected chi connectivity index (χ4v) is 5.12. The summed E-state index contributed by atoms with van der Waals surface area (Å²) in [6.45, 7) is 0.